The number of benzene rings is 1. The van der Waals surface area contributed by atoms with Gasteiger partial charge in [0, 0.05) is 18.5 Å². The van der Waals surface area contributed by atoms with E-state index in [1.165, 1.54) is 18.2 Å². The SMILES string of the molecule is CCOc1cc(F)ccc1C=O.Nc1cccnc1. The lowest BCUT2D eigenvalue weighted by Gasteiger charge is -2.04. The molecule has 0 saturated heterocycles. The third-order valence-electron chi connectivity index (χ3n) is 2.09. The maximum atomic E-state index is 12.6. The van der Waals surface area contributed by atoms with Gasteiger partial charge in [0.25, 0.3) is 0 Å². The molecule has 0 amide bonds. The molecule has 1 heterocycles. The van der Waals surface area contributed by atoms with Crippen molar-refractivity contribution in [3.05, 3.63) is 54.1 Å². The number of pyridine rings is 1. The standard InChI is InChI=1S/C9H9FO2.C5H6N2/c1-2-12-9-5-8(10)4-3-7(9)6-11;6-5-2-1-3-7-4-5/h3-6H,2H2,1H3;1-4H,6H2. The molecule has 0 bridgehead atoms. The predicted octanol–water partition coefficient (Wildman–Crippen LogP) is 2.70. The lowest BCUT2D eigenvalue weighted by atomic mass is 10.2. The molecular weight excluding hydrogens is 247 g/mol. The zero-order chi connectivity index (χ0) is 14.1. The number of hydrogen-bond donors (Lipinski definition) is 1. The molecule has 0 aliphatic heterocycles. The highest BCUT2D eigenvalue weighted by Crippen LogP contribution is 2.17. The van der Waals surface area contributed by atoms with Crippen molar-refractivity contribution in [1.29, 1.82) is 0 Å². The van der Waals surface area contributed by atoms with Gasteiger partial charge in [-0.1, -0.05) is 0 Å². The second kappa shape index (κ2) is 7.81. The summed E-state index contributed by atoms with van der Waals surface area (Å²) in [7, 11) is 0. The number of nitrogen functional groups attached to an aromatic ring is 1. The molecule has 0 radical (unpaired) electrons. The third kappa shape index (κ3) is 5.16. The lowest BCUT2D eigenvalue weighted by Crippen LogP contribution is -1.96. The highest BCUT2D eigenvalue weighted by atomic mass is 19.1. The van der Waals surface area contributed by atoms with E-state index in [2.05, 4.69) is 4.98 Å². The van der Waals surface area contributed by atoms with Crippen LogP contribution in [0.2, 0.25) is 0 Å². The zero-order valence-corrected chi connectivity index (χ0v) is 10.5. The van der Waals surface area contributed by atoms with E-state index in [0.717, 1.165) is 0 Å². The van der Waals surface area contributed by atoms with Crippen molar-refractivity contribution in [2.75, 3.05) is 12.3 Å². The first-order chi connectivity index (χ1) is 9.17. The van der Waals surface area contributed by atoms with Gasteiger partial charge in [-0.25, -0.2) is 4.39 Å². The van der Waals surface area contributed by atoms with Gasteiger partial charge in [-0.05, 0) is 31.2 Å². The summed E-state index contributed by atoms with van der Waals surface area (Å²) in [6, 6.07) is 7.43. The number of nitrogens with zero attached hydrogens (tertiary/aromatic N) is 1. The largest absolute Gasteiger partial charge is 0.493 e. The first-order valence-corrected chi connectivity index (χ1v) is 5.70. The molecule has 2 N–H and O–H groups in total. The highest BCUT2D eigenvalue weighted by molar-refractivity contribution is 5.79. The molecule has 19 heavy (non-hydrogen) atoms. The summed E-state index contributed by atoms with van der Waals surface area (Å²) >= 11 is 0. The van der Waals surface area contributed by atoms with Gasteiger partial charge in [-0.3, -0.25) is 9.78 Å². The van der Waals surface area contributed by atoms with Gasteiger partial charge in [-0.15, -0.1) is 0 Å². The van der Waals surface area contributed by atoms with E-state index < -0.39 is 5.82 Å². The van der Waals surface area contributed by atoms with E-state index >= 15 is 0 Å². The molecule has 0 fully saturated rings. The zero-order valence-electron chi connectivity index (χ0n) is 10.5. The first kappa shape index (κ1) is 14.6. The smallest absolute Gasteiger partial charge is 0.153 e. The van der Waals surface area contributed by atoms with Gasteiger partial charge in [0.2, 0.25) is 0 Å². The molecule has 0 saturated carbocycles. The number of halogens is 1. The van der Waals surface area contributed by atoms with Crippen LogP contribution >= 0.6 is 0 Å². The molecule has 2 aromatic rings. The van der Waals surface area contributed by atoms with Crippen LogP contribution in [0.1, 0.15) is 17.3 Å². The maximum Gasteiger partial charge on any atom is 0.153 e. The van der Waals surface area contributed by atoms with Crippen LogP contribution < -0.4 is 10.5 Å². The summed E-state index contributed by atoms with van der Waals surface area (Å²) < 4.78 is 17.6. The third-order valence-corrected chi connectivity index (χ3v) is 2.09. The van der Waals surface area contributed by atoms with Crippen molar-refractivity contribution in [2.24, 2.45) is 0 Å². The molecule has 0 spiro atoms. The predicted molar refractivity (Wildman–Crippen MR) is 71.6 cm³/mol. The lowest BCUT2D eigenvalue weighted by molar-refractivity contribution is 0.112. The highest BCUT2D eigenvalue weighted by Gasteiger charge is 2.02. The topological polar surface area (TPSA) is 65.2 Å². The fraction of sp³-hybridized carbons (Fsp3) is 0.143. The molecule has 4 nitrogen and oxygen atoms in total. The van der Waals surface area contributed by atoms with Crippen LogP contribution in [0.15, 0.2) is 42.7 Å². The molecular formula is C14H15FN2O2. The Morgan fingerprint density at radius 1 is 1.42 bits per heavy atom. The van der Waals surface area contributed by atoms with Crippen molar-refractivity contribution in [2.45, 2.75) is 6.92 Å². The van der Waals surface area contributed by atoms with Crippen molar-refractivity contribution >= 4 is 12.0 Å². The van der Waals surface area contributed by atoms with Gasteiger partial charge in [0.1, 0.15) is 11.6 Å². The van der Waals surface area contributed by atoms with Crippen molar-refractivity contribution in [1.82, 2.24) is 4.98 Å². The molecule has 0 aliphatic carbocycles. The summed E-state index contributed by atoms with van der Waals surface area (Å²) in [5, 5.41) is 0. The van der Waals surface area contributed by atoms with E-state index in [9.17, 15) is 9.18 Å². The second-order valence-corrected chi connectivity index (χ2v) is 3.52. The van der Waals surface area contributed by atoms with Crippen molar-refractivity contribution in [3.8, 4) is 5.75 Å². The molecule has 5 heteroatoms. The fourth-order valence-electron chi connectivity index (χ4n) is 1.26. The number of rotatable bonds is 3. The Labute approximate surface area is 111 Å². The summed E-state index contributed by atoms with van der Waals surface area (Å²) in [5.41, 5.74) is 6.38. The van der Waals surface area contributed by atoms with Gasteiger partial charge >= 0.3 is 0 Å². The summed E-state index contributed by atoms with van der Waals surface area (Å²) in [6.07, 6.45) is 3.95. The molecule has 0 atom stereocenters. The Balaban J connectivity index is 0.000000218. The van der Waals surface area contributed by atoms with Gasteiger partial charge in [0.05, 0.1) is 17.9 Å². The monoisotopic (exact) mass is 262 g/mol. The minimum absolute atomic E-state index is 0.299. The van der Waals surface area contributed by atoms with E-state index in [0.29, 0.717) is 29.9 Å². The molecule has 0 unspecified atom stereocenters. The maximum absolute atomic E-state index is 12.6. The summed E-state index contributed by atoms with van der Waals surface area (Å²) in [6.45, 7) is 2.20. The van der Waals surface area contributed by atoms with E-state index in [1.54, 1.807) is 31.5 Å². The molecule has 1 aromatic heterocycles. The molecule has 1 aromatic carbocycles. The first-order valence-electron chi connectivity index (χ1n) is 5.70. The van der Waals surface area contributed by atoms with Gasteiger partial charge in [0.15, 0.2) is 6.29 Å². The van der Waals surface area contributed by atoms with Crippen LogP contribution in [0, 0.1) is 5.82 Å². The number of anilines is 1. The summed E-state index contributed by atoms with van der Waals surface area (Å²) in [4.78, 5) is 14.2. The number of nitrogens with two attached hydrogens (primary N) is 1. The number of hydrogen-bond acceptors (Lipinski definition) is 4. The number of carbonyl (C=O) groups excluding carboxylic acids is 1. The second-order valence-electron chi connectivity index (χ2n) is 3.52. The average molecular weight is 262 g/mol. The van der Waals surface area contributed by atoms with Crippen LogP contribution in [0.25, 0.3) is 0 Å². The quantitative estimate of drug-likeness (QED) is 0.864. The fourth-order valence-corrected chi connectivity index (χ4v) is 1.26. The Hall–Kier alpha value is -2.43. The van der Waals surface area contributed by atoms with Crippen LogP contribution in [-0.2, 0) is 0 Å². The Morgan fingerprint density at radius 2 is 2.21 bits per heavy atom. The van der Waals surface area contributed by atoms with E-state index in [4.69, 9.17) is 10.5 Å². The minimum atomic E-state index is -0.399. The molecule has 2 rings (SSSR count). The number of carbonyl (C=O) groups is 1. The molecule has 100 valence electrons. The van der Waals surface area contributed by atoms with E-state index in [1.807, 2.05) is 0 Å². The van der Waals surface area contributed by atoms with Crippen molar-refractivity contribution < 1.29 is 13.9 Å². The van der Waals surface area contributed by atoms with Crippen LogP contribution in [0.3, 0.4) is 0 Å². The van der Waals surface area contributed by atoms with Crippen LogP contribution in [-0.4, -0.2) is 17.9 Å². The van der Waals surface area contributed by atoms with Crippen molar-refractivity contribution in [3.63, 3.8) is 0 Å². The summed E-state index contributed by atoms with van der Waals surface area (Å²) in [5.74, 6) is -0.100. The average Bonchev–Trinajstić information content (AvgIpc) is 2.41. The minimum Gasteiger partial charge on any atom is -0.493 e. The Morgan fingerprint density at radius 3 is 2.68 bits per heavy atom. The Kier molecular flexibility index (Phi) is 6.02. The van der Waals surface area contributed by atoms with Crippen LogP contribution in [0.5, 0.6) is 5.75 Å². The number of ether oxygens (including phenoxy) is 1. The molecule has 0 aliphatic rings. The van der Waals surface area contributed by atoms with Gasteiger partial charge in [-0.2, -0.15) is 0 Å². The number of aromatic nitrogens is 1. The van der Waals surface area contributed by atoms with Gasteiger partial charge < -0.3 is 10.5 Å². The Bertz CT molecular complexity index is 518. The van der Waals surface area contributed by atoms with Crippen LogP contribution in [0.4, 0.5) is 10.1 Å². The normalized spacial score (nSPS) is 9.16. The van der Waals surface area contributed by atoms with E-state index in [-0.39, 0.29) is 0 Å². The number of aldehydes is 1.